The van der Waals surface area contributed by atoms with Crippen LogP contribution in [0.1, 0.15) is 5.56 Å². The molecule has 1 aliphatic heterocycles. The molecule has 0 aromatic heterocycles. The van der Waals surface area contributed by atoms with Gasteiger partial charge < -0.3 is 44.8 Å². The molecule has 1 aromatic carbocycles. The van der Waals surface area contributed by atoms with Crippen LogP contribution < -0.4 is 0 Å². The van der Waals surface area contributed by atoms with Gasteiger partial charge >= 0.3 is 5.97 Å². The predicted octanol–water partition coefficient (Wildman–Crippen LogP) is -1.87. The van der Waals surface area contributed by atoms with Crippen molar-refractivity contribution in [3.63, 3.8) is 0 Å². The van der Waals surface area contributed by atoms with Crippen LogP contribution in [0.2, 0.25) is 0 Å². The second-order valence-electron chi connectivity index (χ2n) is 6.20. The highest BCUT2D eigenvalue weighted by atomic mass is 16.7. The van der Waals surface area contributed by atoms with Crippen LogP contribution in [-0.2, 0) is 19.0 Å². The average Bonchev–Trinajstić information content (AvgIpc) is 2.70. The van der Waals surface area contributed by atoms with E-state index >= 15 is 0 Å². The van der Waals surface area contributed by atoms with E-state index in [2.05, 4.69) is 0 Å². The van der Waals surface area contributed by atoms with E-state index in [9.17, 15) is 30.3 Å². The van der Waals surface area contributed by atoms with Crippen LogP contribution in [0.4, 0.5) is 0 Å². The molecule has 28 heavy (non-hydrogen) atoms. The molecular weight excluding hydrogens is 376 g/mol. The van der Waals surface area contributed by atoms with Gasteiger partial charge in [0, 0.05) is 6.08 Å². The summed E-state index contributed by atoms with van der Waals surface area (Å²) < 4.78 is 15.4. The summed E-state index contributed by atoms with van der Waals surface area (Å²) in [5, 5.41) is 57.0. The van der Waals surface area contributed by atoms with Crippen molar-refractivity contribution < 1.29 is 49.6 Å². The first-order valence-electron chi connectivity index (χ1n) is 8.56. The van der Waals surface area contributed by atoms with Crippen molar-refractivity contribution in [1.29, 1.82) is 0 Å². The van der Waals surface area contributed by atoms with Crippen molar-refractivity contribution in [2.24, 2.45) is 0 Å². The molecule has 0 aliphatic carbocycles. The Hall–Kier alpha value is -2.05. The molecule has 1 heterocycles. The van der Waals surface area contributed by atoms with Crippen LogP contribution >= 0.6 is 0 Å². The lowest BCUT2D eigenvalue weighted by Gasteiger charge is -2.39. The van der Waals surface area contributed by atoms with Gasteiger partial charge in [0.1, 0.15) is 36.3 Å². The zero-order valence-electron chi connectivity index (χ0n) is 14.9. The lowest BCUT2D eigenvalue weighted by Crippen LogP contribution is -2.59. The maximum Gasteiger partial charge on any atom is 0.331 e. The number of esters is 1. The summed E-state index contributed by atoms with van der Waals surface area (Å²) in [4.78, 5) is 11.8. The smallest absolute Gasteiger partial charge is 0.331 e. The van der Waals surface area contributed by atoms with Crippen LogP contribution in [-0.4, -0.2) is 93.2 Å². The summed E-state index contributed by atoms with van der Waals surface area (Å²) in [6.45, 7) is -1.54. The van der Waals surface area contributed by atoms with Crippen LogP contribution in [0.3, 0.4) is 0 Å². The third-order valence-electron chi connectivity index (χ3n) is 4.09. The number of aliphatic hydroxyl groups excluding tert-OH is 5. The van der Waals surface area contributed by atoms with Gasteiger partial charge in [-0.1, -0.05) is 12.1 Å². The molecule has 2 rings (SSSR count). The minimum atomic E-state index is -1.60. The topological polar surface area (TPSA) is 166 Å². The Labute approximate surface area is 160 Å². The van der Waals surface area contributed by atoms with Crippen molar-refractivity contribution in [1.82, 2.24) is 0 Å². The van der Waals surface area contributed by atoms with Crippen LogP contribution in [0.15, 0.2) is 30.3 Å². The molecule has 0 radical (unpaired) electrons. The summed E-state index contributed by atoms with van der Waals surface area (Å²) in [7, 11) is 0. The lowest BCUT2D eigenvalue weighted by atomic mass is 9.99. The third-order valence-corrected chi connectivity index (χ3v) is 4.09. The van der Waals surface area contributed by atoms with E-state index in [1.807, 2.05) is 0 Å². The molecule has 6 N–H and O–H groups in total. The van der Waals surface area contributed by atoms with Gasteiger partial charge in [0.15, 0.2) is 6.29 Å². The van der Waals surface area contributed by atoms with E-state index in [1.165, 1.54) is 18.2 Å². The van der Waals surface area contributed by atoms with Gasteiger partial charge in [-0.25, -0.2) is 4.79 Å². The largest absolute Gasteiger partial charge is 0.508 e. The number of carbonyl (C=O) groups is 1. The number of rotatable bonds is 8. The maximum absolute atomic E-state index is 11.8. The monoisotopic (exact) mass is 400 g/mol. The number of phenols is 1. The van der Waals surface area contributed by atoms with Gasteiger partial charge in [0.05, 0.1) is 19.8 Å². The van der Waals surface area contributed by atoms with Gasteiger partial charge in [0.25, 0.3) is 0 Å². The number of phenolic OH excluding ortho intramolecular Hbond substituents is 1. The number of hydrogen-bond acceptors (Lipinski definition) is 10. The van der Waals surface area contributed by atoms with E-state index in [4.69, 9.17) is 19.3 Å². The molecule has 1 aromatic rings. The van der Waals surface area contributed by atoms with Crippen molar-refractivity contribution in [2.45, 2.75) is 36.8 Å². The quantitative estimate of drug-likeness (QED) is 0.215. The third kappa shape index (κ3) is 5.97. The number of aromatic hydroxyl groups is 1. The fourth-order valence-electron chi connectivity index (χ4n) is 2.48. The van der Waals surface area contributed by atoms with E-state index in [0.717, 1.165) is 6.08 Å². The minimum Gasteiger partial charge on any atom is -0.508 e. The highest BCUT2D eigenvalue weighted by Gasteiger charge is 2.44. The normalized spacial score (nSPS) is 29.0. The fourth-order valence-corrected chi connectivity index (χ4v) is 2.48. The minimum absolute atomic E-state index is 0.0883. The molecule has 0 spiro atoms. The highest BCUT2D eigenvalue weighted by molar-refractivity contribution is 5.87. The maximum atomic E-state index is 11.8. The summed E-state index contributed by atoms with van der Waals surface area (Å²) in [6.07, 6.45) is -5.73. The SMILES string of the molecule is O=C(/C=C/c1ccc(O)cc1)O[C@H](CO)CO[C@H]1O[C@H](CO)[C@@H](O)[C@H](O)[C@H]1O. The Bertz CT molecular complexity index is 644. The summed E-state index contributed by atoms with van der Waals surface area (Å²) in [5.41, 5.74) is 0.646. The molecule has 6 atom stereocenters. The Morgan fingerprint density at radius 3 is 2.39 bits per heavy atom. The standard InChI is InChI=1S/C18H24O10/c19-7-12(27-14(22)6-3-10-1-4-11(21)5-2-10)9-26-18-17(25)16(24)15(23)13(8-20)28-18/h1-6,12-13,15-21,23-25H,7-9H2/b6-3+/t12-,13-,15-,16+,17-,18+/m1/s1. The van der Waals surface area contributed by atoms with Gasteiger partial charge in [-0.3, -0.25) is 0 Å². The van der Waals surface area contributed by atoms with E-state index in [1.54, 1.807) is 12.1 Å². The number of carbonyl (C=O) groups excluding carboxylic acids is 1. The van der Waals surface area contributed by atoms with Gasteiger partial charge in [-0.15, -0.1) is 0 Å². The van der Waals surface area contributed by atoms with E-state index in [-0.39, 0.29) is 12.4 Å². The first-order valence-corrected chi connectivity index (χ1v) is 8.56. The summed E-state index contributed by atoms with van der Waals surface area (Å²) in [6, 6.07) is 6.08. The van der Waals surface area contributed by atoms with Crippen molar-refractivity contribution in [2.75, 3.05) is 19.8 Å². The van der Waals surface area contributed by atoms with Crippen LogP contribution in [0.5, 0.6) is 5.75 Å². The Kier molecular flexibility index (Phi) is 8.33. The number of hydrogen-bond donors (Lipinski definition) is 6. The second kappa shape index (κ2) is 10.5. The first kappa shape index (κ1) is 22.2. The molecule has 1 saturated heterocycles. The molecule has 1 fully saturated rings. The zero-order chi connectivity index (χ0) is 20.7. The molecule has 0 saturated carbocycles. The second-order valence-corrected chi connectivity index (χ2v) is 6.20. The molecule has 1 aliphatic rings. The van der Waals surface area contributed by atoms with Crippen molar-refractivity contribution in [3.05, 3.63) is 35.9 Å². The Morgan fingerprint density at radius 2 is 1.79 bits per heavy atom. The molecule has 10 heteroatoms. The lowest BCUT2D eigenvalue weighted by molar-refractivity contribution is -0.305. The molecule has 0 unspecified atom stereocenters. The van der Waals surface area contributed by atoms with E-state index < -0.39 is 56.0 Å². The number of ether oxygens (including phenoxy) is 3. The van der Waals surface area contributed by atoms with E-state index in [0.29, 0.717) is 5.56 Å². The average molecular weight is 400 g/mol. The highest BCUT2D eigenvalue weighted by Crippen LogP contribution is 2.22. The predicted molar refractivity (Wildman–Crippen MR) is 93.8 cm³/mol. The Balaban J connectivity index is 1.86. The molecule has 10 nitrogen and oxygen atoms in total. The molecule has 0 amide bonds. The van der Waals surface area contributed by atoms with Gasteiger partial charge in [-0.05, 0) is 23.8 Å². The first-order chi connectivity index (χ1) is 13.3. The van der Waals surface area contributed by atoms with Crippen LogP contribution in [0, 0.1) is 0 Å². The summed E-state index contributed by atoms with van der Waals surface area (Å²) >= 11 is 0. The van der Waals surface area contributed by atoms with Crippen molar-refractivity contribution >= 4 is 12.0 Å². The Morgan fingerprint density at radius 1 is 1.11 bits per heavy atom. The fraction of sp³-hybridized carbons (Fsp3) is 0.500. The van der Waals surface area contributed by atoms with Gasteiger partial charge in [0.2, 0.25) is 0 Å². The summed E-state index contributed by atoms with van der Waals surface area (Å²) in [5.74, 6) is -0.671. The van der Waals surface area contributed by atoms with Crippen molar-refractivity contribution in [3.8, 4) is 5.75 Å². The number of aliphatic hydroxyl groups is 5. The number of benzene rings is 1. The molecule has 0 bridgehead atoms. The van der Waals surface area contributed by atoms with Gasteiger partial charge in [-0.2, -0.15) is 0 Å². The van der Waals surface area contributed by atoms with Crippen LogP contribution in [0.25, 0.3) is 6.08 Å². The molecular formula is C18H24O10. The molecule has 156 valence electrons. The zero-order valence-corrected chi connectivity index (χ0v) is 14.9.